The molecule has 19 nitrogen and oxygen atoms in total. The largest absolute Gasteiger partial charge is 0.508 e. The number of nitrogens with two attached hydrogens (primary N) is 3. The number of aliphatic hydroxyl groups excluding tert-OH is 1. The Bertz CT molecular complexity index is 2300. The van der Waals surface area contributed by atoms with Crippen molar-refractivity contribution in [3.05, 3.63) is 95.1 Å². The van der Waals surface area contributed by atoms with Gasteiger partial charge in [-0.15, -0.1) is 0 Å². The fourth-order valence-electron chi connectivity index (χ4n) is 6.72. The van der Waals surface area contributed by atoms with Crippen molar-refractivity contribution >= 4 is 36.7 Å². The van der Waals surface area contributed by atoms with Crippen molar-refractivity contribution in [1.29, 1.82) is 0 Å². The van der Waals surface area contributed by atoms with E-state index in [1.807, 2.05) is 0 Å². The molecule has 1 fully saturated rings. The first-order valence-electron chi connectivity index (χ1n) is 16.0. The zero-order valence-electron chi connectivity index (χ0n) is 27.3. The number of phenolic OH excluding ortho intramolecular Hbond substituents is 2. The molecule has 3 aliphatic rings. The van der Waals surface area contributed by atoms with Crippen LogP contribution in [0.4, 0.5) is 5.82 Å². The van der Waals surface area contributed by atoms with E-state index in [9.17, 15) is 29.5 Å². The number of anilines is 1. The molecule has 1 spiro atoms. The summed E-state index contributed by atoms with van der Waals surface area (Å²) in [5.41, 5.74) is 17.2. The molecule has 3 aliphatic heterocycles. The van der Waals surface area contributed by atoms with Gasteiger partial charge in [-0.25, -0.2) is 34.6 Å². The SMILES string of the molecule is NCCOP(N)(=O)O[C@H]1[C@@H](O)[C@H](n2cnc3c(N)ncnc32)O[C@@H]1COC(=O)c1ccc2c(c1)C(=O)OC21c2ccc(O)cc2Oc2cc(O)ccc21. The lowest BCUT2D eigenvalue weighted by molar-refractivity contribution is -0.0559. The number of ether oxygens (including phenoxy) is 4. The highest BCUT2D eigenvalue weighted by Gasteiger charge is 2.54. The summed E-state index contributed by atoms with van der Waals surface area (Å²) < 4.78 is 48.6. The van der Waals surface area contributed by atoms with Gasteiger partial charge in [0.15, 0.2) is 23.3 Å². The Labute approximate surface area is 298 Å². The molecule has 0 amide bonds. The summed E-state index contributed by atoms with van der Waals surface area (Å²) >= 11 is 0. The number of fused-ring (bicyclic) bond motifs is 7. The van der Waals surface area contributed by atoms with Gasteiger partial charge >= 0.3 is 19.7 Å². The second-order valence-electron chi connectivity index (χ2n) is 12.3. The lowest BCUT2D eigenvalue weighted by atomic mass is 9.77. The van der Waals surface area contributed by atoms with E-state index in [4.69, 9.17) is 45.0 Å². The number of imidazole rings is 1. The van der Waals surface area contributed by atoms with E-state index in [2.05, 4.69) is 15.0 Å². The monoisotopic (exact) mass is 747 g/mol. The van der Waals surface area contributed by atoms with Gasteiger partial charge in [-0.1, -0.05) is 6.07 Å². The molecule has 2 aromatic heterocycles. The maximum atomic E-state index is 13.5. The minimum atomic E-state index is -4.30. The van der Waals surface area contributed by atoms with Gasteiger partial charge in [-0.3, -0.25) is 13.6 Å². The molecule has 5 atom stereocenters. The Hall–Kier alpha value is -5.66. The van der Waals surface area contributed by atoms with Crippen LogP contribution in [-0.2, 0) is 33.4 Å². The molecule has 0 aliphatic carbocycles. The molecule has 274 valence electrons. The Kier molecular flexibility index (Phi) is 8.30. The molecule has 0 bridgehead atoms. The molecular weight excluding hydrogens is 717 g/mol. The first-order valence-corrected chi connectivity index (χ1v) is 17.6. The number of phenols is 2. The number of hydrogen-bond acceptors (Lipinski definition) is 17. The summed E-state index contributed by atoms with van der Waals surface area (Å²) in [4.78, 5) is 39.3. The third kappa shape index (κ3) is 5.71. The highest BCUT2D eigenvalue weighted by Crippen LogP contribution is 2.57. The Morgan fingerprint density at radius 2 is 1.70 bits per heavy atom. The van der Waals surface area contributed by atoms with Crippen LogP contribution in [0.3, 0.4) is 0 Å². The third-order valence-corrected chi connectivity index (χ3v) is 10.1. The Balaban J connectivity index is 1.08. The molecule has 53 heavy (non-hydrogen) atoms. The number of benzene rings is 3. The summed E-state index contributed by atoms with van der Waals surface area (Å²) in [6.07, 6.45) is -3.04. The number of nitrogens with zero attached hydrogens (tertiary/aromatic N) is 4. The molecule has 1 unspecified atom stereocenters. The lowest BCUT2D eigenvalue weighted by Crippen LogP contribution is -2.37. The molecule has 0 saturated carbocycles. The molecule has 9 N–H and O–H groups in total. The molecule has 8 rings (SSSR count). The second-order valence-corrected chi connectivity index (χ2v) is 13.8. The van der Waals surface area contributed by atoms with E-state index in [1.165, 1.54) is 59.7 Å². The van der Waals surface area contributed by atoms with E-state index in [-0.39, 0.29) is 64.3 Å². The van der Waals surface area contributed by atoms with Gasteiger partial charge in [0.1, 0.15) is 59.8 Å². The zero-order chi connectivity index (χ0) is 37.2. The van der Waals surface area contributed by atoms with Crippen molar-refractivity contribution < 1.29 is 57.5 Å². The number of nitrogen functional groups attached to an aromatic ring is 1. The lowest BCUT2D eigenvalue weighted by Gasteiger charge is -2.36. The van der Waals surface area contributed by atoms with Crippen LogP contribution in [0.1, 0.15) is 43.6 Å². The summed E-state index contributed by atoms with van der Waals surface area (Å²) in [5, 5.41) is 31.7. The highest BCUT2D eigenvalue weighted by atomic mass is 31.2. The number of aromatic nitrogens is 4. The van der Waals surface area contributed by atoms with Gasteiger partial charge in [0.2, 0.25) is 0 Å². The number of esters is 2. The van der Waals surface area contributed by atoms with Gasteiger partial charge in [0.25, 0.3) is 0 Å². The molecule has 3 aromatic carbocycles. The fourth-order valence-corrected chi connectivity index (χ4v) is 7.74. The number of carbonyl (C=O) groups is 2. The minimum absolute atomic E-state index is 0.0183. The van der Waals surface area contributed by atoms with Crippen molar-refractivity contribution in [3.8, 4) is 23.0 Å². The molecule has 20 heteroatoms. The van der Waals surface area contributed by atoms with Gasteiger partial charge in [-0.2, -0.15) is 0 Å². The van der Waals surface area contributed by atoms with Crippen molar-refractivity contribution in [2.24, 2.45) is 11.2 Å². The predicted octanol–water partition coefficient (Wildman–Crippen LogP) is 1.93. The standard InChI is InChI=1S/C33H30N7O12P/c34-7-8-48-53(36,46)52-27-24(50-30(26(27)43)40-14-39-25-28(35)37-13-38-29(25)40)12-47-31(44)15-1-4-19-18(9-15)32(45)51-33(19)20-5-2-16(41)10-22(20)49-23-11-17(42)3-6-21(23)33/h1-6,9-11,13-14,24,26-27,30,41-43H,7-8,12,34H2,(H2,36,46)(H2,35,37,38)/t24-,26-,27-,30-,53?/m1/s1. The average Bonchev–Trinajstić information content (AvgIpc) is 3.78. The molecule has 5 aromatic rings. The van der Waals surface area contributed by atoms with E-state index < -0.39 is 56.4 Å². The van der Waals surface area contributed by atoms with Crippen LogP contribution in [0.25, 0.3) is 11.2 Å². The zero-order valence-corrected chi connectivity index (χ0v) is 28.2. The van der Waals surface area contributed by atoms with E-state index >= 15 is 0 Å². The van der Waals surface area contributed by atoms with Gasteiger partial charge in [0, 0.05) is 35.4 Å². The van der Waals surface area contributed by atoms with Crippen LogP contribution >= 0.6 is 7.75 Å². The maximum absolute atomic E-state index is 13.5. The van der Waals surface area contributed by atoms with Crippen molar-refractivity contribution in [3.63, 3.8) is 0 Å². The number of hydrogen-bond donors (Lipinski definition) is 6. The predicted molar refractivity (Wildman–Crippen MR) is 180 cm³/mol. The van der Waals surface area contributed by atoms with Crippen molar-refractivity contribution in [2.75, 3.05) is 25.5 Å². The highest BCUT2D eigenvalue weighted by molar-refractivity contribution is 7.51. The molecule has 1 saturated heterocycles. The summed E-state index contributed by atoms with van der Waals surface area (Å²) in [5.74, 6) is -1.40. The van der Waals surface area contributed by atoms with Crippen LogP contribution in [0.15, 0.2) is 67.3 Å². The minimum Gasteiger partial charge on any atom is -0.508 e. The normalized spacial score (nSPS) is 22.1. The van der Waals surface area contributed by atoms with Crippen LogP contribution in [0, 0.1) is 0 Å². The van der Waals surface area contributed by atoms with E-state index in [1.54, 1.807) is 12.1 Å². The summed E-state index contributed by atoms with van der Waals surface area (Å²) in [6.45, 7) is -0.774. The average molecular weight is 748 g/mol. The first-order chi connectivity index (χ1) is 25.4. The van der Waals surface area contributed by atoms with Gasteiger partial charge in [0.05, 0.1) is 24.1 Å². The van der Waals surface area contributed by atoms with Gasteiger partial charge < -0.3 is 45.7 Å². The van der Waals surface area contributed by atoms with E-state index in [0.29, 0.717) is 16.7 Å². The van der Waals surface area contributed by atoms with Crippen LogP contribution in [0.5, 0.6) is 23.0 Å². The first kappa shape index (κ1) is 34.4. The molecule has 0 radical (unpaired) electrons. The summed E-state index contributed by atoms with van der Waals surface area (Å²) in [6, 6.07) is 12.9. The van der Waals surface area contributed by atoms with Crippen molar-refractivity contribution in [1.82, 2.24) is 19.5 Å². The Morgan fingerprint density at radius 1 is 1.00 bits per heavy atom. The van der Waals surface area contributed by atoms with Crippen LogP contribution in [-0.4, -0.2) is 84.8 Å². The topological polar surface area (TPSA) is 289 Å². The number of rotatable bonds is 9. The van der Waals surface area contributed by atoms with E-state index in [0.717, 1.165) is 0 Å². The molecule has 5 heterocycles. The van der Waals surface area contributed by atoms with Crippen LogP contribution in [0.2, 0.25) is 0 Å². The summed E-state index contributed by atoms with van der Waals surface area (Å²) in [7, 11) is -4.30. The van der Waals surface area contributed by atoms with Crippen molar-refractivity contribution in [2.45, 2.75) is 30.1 Å². The molecular formula is C33H30N7O12P. The smallest absolute Gasteiger partial charge is 0.403 e. The second kappa shape index (κ2) is 12.8. The Morgan fingerprint density at radius 3 is 2.40 bits per heavy atom. The third-order valence-electron chi connectivity index (χ3n) is 9.02. The number of aromatic hydroxyl groups is 2. The fraction of sp³-hybridized carbons (Fsp3) is 0.242. The number of aliphatic hydroxyl groups is 1. The number of carbonyl (C=O) groups excluding carboxylic acids is 2. The van der Waals surface area contributed by atoms with Gasteiger partial charge in [-0.05, 0) is 36.4 Å². The quantitative estimate of drug-likeness (QED) is 0.0927. The maximum Gasteiger partial charge on any atom is 0.403 e. The van der Waals surface area contributed by atoms with Crippen LogP contribution < -0.4 is 21.7 Å².